The molecule has 3 N–H and O–H groups in total. The number of aliphatic imine (C=N–C) groups is 1. The number of hydrogen-bond donors (Lipinski definition) is 3. The van der Waals surface area contributed by atoms with Gasteiger partial charge in [0.25, 0.3) is 0 Å². The molecule has 140 valence electrons. The van der Waals surface area contributed by atoms with Crippen LogP contribution in [0, 0.1) is 6.92 Å². The summed E-state index contributed by atoms with van der Waals surface area (Å²) in [6.45, 7) is 7.62. The topological polar surface area (TPSA) is 78.4 Å². The van der Waals surface area contributed by atoms with E-state index in [9.17, 15) is 4.79 Å². The van der Waals surface area contributed by atoms with Gasteiger partial charge in [-0.1, -0.05) is 19.1 Å². The number of nitrogens with one attached hydrogen (secondary N) is 3. The van der Waals surface area contributed by atoms with Crippen molar-refractivity contribution < 1.29 is 4.79 Å². The van der Waals surface area contributed by atoms with Crippen molar-refractivity contribution >= 4 is 28.9 Å². The summed E-state index contributed by atoms with van der Waals surface area (Å²) >= 11 is 1.65. The van der Waals surface area contributed by atoms with Crippen molar-refractivity contribution in [2.45, 2.75) is 33.6 Å². The summed E-state index contributed by atoms with van der Waals surface area (Å²) in [6.07, 6.45) is 1.76. The van der Waals surface area contributed by atoms with E-state index >= 15 is 0 Å². The van der Waals surface area contributed by atoms with Gasteiger partial charge in [-0.05, 0) is 38.0 Å². The Morgan fingerprint density at radius 2 is 2.12 bits per heavy atom. The number of carbonyl (C=O) groups excluding carboxylic acids is 1. The van der Waals surface area contributed by atoms with Gasteiger partial charge in [-0.2, -0.15) is 0 Å². The Morgan fingerprint density at radius 1 is 1.27 bits per heavy atom. The van der Waals surface area contributed by atoms with Crippen molar-refractivity contribution in [2.24, 2.45) is 4.99 Å². The minimum Gasteiger partial charge on any atom is -0.357 e. The lowest BCUT2D eigenvalue weighted by atomic mass is 10.1. The van der Waals surface area contributed by atoms with Crippen molar-refractivity contribution in [2.75, 3.05) is 25.0 Å². The third-order valence-corrected chi connectivity index (χ3v) is 4.51. The van der Waals surface area contributed by atoms with Crippen molar-refractivity contribution in [1.82, 2.24) is 15.6 Å². The van der Waals surface area contributed by atoms with Gasteiger partial charge in [0.1, 0.15) is 6.54 Å². The van der Waals surface area contributed by atoms with Gasteiger partial charge in [-0.3, -0.25) is 4.79 Å². The maximum absolute atomic E-state index is 12.1. The molecular weight excluding hydrogens is 346 g/mol. The highest BCUT2D eigenvalue weighted by Gasteiger charge is 2.04. The van der Waals surface area contributed by atoms with Crippen molar-refractivity contribution in [3.05, 3.63) is 45.9 Å². The average molecular weight is 374 g/mol. The van der Waals surface area contributed by atoms with Gasteiger partial charge in [-0.25, -0.2) is 9.98 Å². The van der Waals surface area contributed by atoms with Gasteiger partial charge in [0.2, 0.25) is 5.91 Å². The van der Waals surface area contributed by atoms with E-state index in [-0.39, 0.29) is 12.5 Å². The second kappa shape index (κ2) is 10.6. The highest BCUT2D eigenvalue weighted by atomic mass is 32.1. The number of rotatable bonds is 8. The lowest BCUT2D eigenvalue weighted by Gasteiger charge is -2.11. The van der Waals surface area contributed by atoms with Crippen LogP contribution >= 0.6 is 11.3 Å². The third-order valence-electron chi connectivity index (χ3n) is 3.68. The number of thiazole rings is 1. The van der Waals surface area contributed by atoms with Gasteiger partial charge in [0.15, 0.2) is 5.96 Å². The summed E-state index contributed by atoms with van der Waals surface area (Å²) in [6, 6.07) is 7.87. The first-order valence-electron chi connectivity index (χ1n) is 8.92. The molecule has 26 heavy (non-hydrogen) atoms. The van der Waals surface area contributed by atoms with E-state index in [1.165, 1.54) is 5.56 Å². The number of amides is 1. The van der Waals surface area contributed by atoms with E-state index in [0.717, 1.165) is 42.3 Å². The van der Waals surface area contributed by atoms with Crippen LogP contribution < -0.4 is 16.0 Å². The molecule has 0 aliphatic carbocycles. The monoisotopic (exact) mass is 373 g/mol. The molecule has 6 nitrogen and oxygen atoms in total. The van der Waals surface area contributed by atoms with Gasteiger partial charge in [0.05, 0.1) is 10.7 Å². The molecule has 1 aromatic carbocycles. The maximum Gasteiger partial charge on any atom is 0.246 e. The molecule has 0 unspecified atom stereocenters. The molecule has 1 aromatic heterocycles. The normalized spacial score (nSPS) is 11.3. The van der Waals surface area contributed by atoms with E-state index in [1.54, 1.807) is 11.3 Å². The standard InChI is InChI=1S/C19H27N5OS/c1-4-15-7-6-8-16(11-15)24-18(25)12-22-19(20-5-2)21-10-9-17-13-26-14(3)23-17/h6-8,11,13H,4-5,9-10,12H2,1-3H3,(H,24,25)(H2,20,21,22). The summed E-state index contributed by atoms with van der Waals surface area (Å²) in [5.74, 6) is 0.502. The molecule has 0 fully saturated rings. The minimum atomic E-state index is -0.134. The van der Waals surface area contributed by atoms with Crippen LogP contribution in [0.4, 0.5) is 5.69 Å². The zero-order chi connectivity index (χ0) is 18.8. The fraction of sp³-hybridized carbons (Fsp3) is 0.421. The van der Waals surface area contributed by atoms with Crippen LogP contribution in [0.2, 0.25) is 0 Å². The lowest BCUT2D eigenvalue weighted by Crippen LogP contribution is -2.39. The number of hydrogen-bond acceptors (Lipinski definition) is 4. The molecule has 0 spiro atoms. The predicted octanol–water partition coefficient (Wildman–Crippen LogP) is 2.75. The van der Waals surface area contributed by atoms with Crippen molar-refractivity contribution in [3.63, 3.8) is 0 Å². The quantitative estimate of drug-likeness (QED) is 0.491. The van der Waals surface area contributed by atoms with Gasteiger partial charge in [0, 0.05) is 30.6 Å². The van der Waals surface area contributed by atoms with Crippen LogP contribution in [0.1, 0.15) is 30.1 Å². The Kier molecular flexibility index (Phi) is 8.08. The summed E-state index contributed by atoms with van der Waals surface area (Å²) in [5.41, 5.74) is 3.07. The smallest absolute Gasteiger partial charge is 0.246 e. The molecule has 1 heterocycles. The molecule has 0 radical (unpaired) electrons. The number of benzene rings is 1. The first-order valence-corrected chi connectivity index (χ1v) is 9.80. The molecule has 2 aromatic rings. The number of anilines is 1. The van der Waals surface area contributed by atoms with Crippen LogP contribution in [0.3, 0.4) is 0 Å². The zero-order valence-corrected chi connectivity index (χ0v) is 16.4. The van der Waals surface area contributed by atoms with Gasteiger partial charge >= 0.3 is 0 Å². The summed E-state index contributed by atoms with van der Waals surface area (Å²) < 4.78 is 0. The Hall–Kier alpha value is -2.41. The highest BCUT2D eigenvalue weighted by molar-refractivity contribution is 7.09. The largest absolute Gasteiger partial charge is 0.357 e. The van der Waals surface area contributed by atoms with E-state index in [0.29, 0.717) is 5.96 Å². The van der Waals surface area contributed by atoms with Gasteiger partial charge < -0.3 is 16.0 Å². The van der Waals surface area contributed by atoms with Crippen LogP contribution in [-0.2, 0) is 17.6 Å². The van der Waals surface area contributed by atoms with E-state index in [2.05, 4.69) is 38.2 Å². The number of nitrogens with zero attached hydrogens (tertiary/aromatic N) is 2. The third kappa shape index (κ3) is 6.84. The Bertz CT molecular complexity index is 741. The van der Waals surface area contributed by atoms with Crippen molar-refractivity contribution in [3.8, 4) is 0 Å². The fourth-order valence-corrected chi connectivity index (χ4v) is 3.04. The number of aryl methyl sites for hydroxylation is 2. The summed E-state index contributed by atoms with van der Waals surface area (Å²) in [5, 5.41) is 12.4. The average Bonchev–Trinajstić information content (AvgIpc) is 3.05. The molecule has 2 rings (SSSR count). The number of guanidine groups is 1. The van der Waals surface area contributed by atoms with E-state index < -0.39 is 0 Å². The summed E-state index contributed by atoms with van der Waals surface area (Å²) in [7, 11) is 0. The van der Waals surface area contributed by atoms with Crippen LogP contribution in [-0.4, -0.2) is 36.5 Å². The molecular formula is C19H27N5OS. The molecule has 0 saturated heterocycles. The van der Waals surface area contributed by atoms with E-state index in [4.69, 9.17) is 0 Å². The number of carbonyl (C=O) groups is 1. The summed E-state index contributed by atoms with van der Waals surface area (Å²) in [4.78, 5) is 20.9. The molecule has 7 heteroatoms. The van der Waals surface area contributed by atoms with Crippen molar-refractivity contribution in [1.29, 1.82) is 0 Å². The Morgan fingerprint density at radius 3 is 2.81 bits per heavy atom. The Labute approximate surface area is 159 Å². The lowest BCUT2D eigenvalue weighted by molar-refractivity contribution is -0.114. The fourth-order valence-electron chi connectivity index (χ4n) is 2.39. The molecule has 0 aliphatic heterocycles. The molecule has 0 bridgehead atoms. The van der Waals surface area contributed by atoms with Crippen LogP contribution in [0.5, 0.6) is 0 Å². The van der Waals surface area contributed by atoms with Crippen LogP contribution in [0.25, 0.3) is 0 Å². The molecule has 0 atom stereocenters. The predicted molar refractivity (Wildman–Crippen MR) is 109 cm³/mol. The van der Waals surface area contributed by atoms with Gasteiger partial charge in [-0.15, -0.1) is 11.3 Å². The molecule has 0 aliphatic rings. The Balaban J connectivity index is 1.83. The first kappa shape index (κ1) is 19.9. The second-order valence-electron chi connectivity index (χ2n) is 5.83. The first-order chi connectivity index (χ1) is 12.6. The van der Waals surface area contributed by atoms with Crippen LogP contribution in [0.15, 0.2) is 34.6 Å². The maximum atomic E-state index is 12.1. The minimum absolute atomic E-state index is 0.0709. The number of aromatic nitrogens is 1. The molecule has 0 saturated carbocycles. The van der Waals surface area contributed by atoms with E-state index in [1.807, 2.05) is 38.1 Å². The second-order valence-corrected chi connectivity index (χ2v) is 6.89. The SMILES string of the molecule is CCNC(=NCC(=O)Nc1cccc(CC)c1)NCCc1csc(C)n1. The molecule has 1 amide bonds. The zero-order valence-electron chi connectivity index (χ0n) is 15.6. The highest BCUT2D eigenvalue weighted by Crippen LogP contribution is 2.11.